The molecule has 0 aromatic carbocycles. The van der Waals surface area contributed by atoms with Crippen LogP contribution in [0.4, 0.5) is 0 Å². The first-order valence-electron chi connectivity index (χ1n) is 3.26. The van der Waals surface area contributed by atoms with Crippen LogP contribution in [0.5, 0.6) is 0 Å². The minimum atomic E-state index is -0.658. The molecule has 1 nitrogen and oxygen atoms in total. The van der Waals surface area contributed by atoms with Crippen molar-refractivity contribution in [3.05, 3.63) is 0 Å². The van der Waals surface area contributed by atoms with Crippen LogP contribution in [-0.2, 0) is 4.74 Å². The quantitative estimate of drug-likeness (QED) is 0.434. The van der Waals surface area contributed by atoms with Gasteiger partial charge in [0.1, 0.15) is 10.4 Å². The summed E-state index contributed by atoms with van der Waals surface area (Å²) in [6.07, 6.45) is 2.43. The summed E-state index contributed by atoms with van der Waals surface area (Å²) in [6.45, 7) is 0. The van der Waals surface area contributed by atoms with Crippen LogP contribution in [0.15, 0.2) is 0 Å². The van der Waals surface area contributed by atoms with E-state index < -0.39 is 9.39 Å². The fraction of sp³-hybridized carbons (Fsp3) is 1.00. The molecule has 1 aliphatic heterocycles. The molecule has 0 aromatic heterocycles. The number of hydrogen-bond donors (Lipinski definition) is 0. The van der Waals surface area contributed by atoms with Crippen molar-refractivity contribution in [1.29, 1.82) is 0 Å². The minimum Gasteiger partial charge on any atom is -0.349 e. The predicted molar refractivity (Wildman–Crippen MR) is 41.7 cm³/mol. The molecule has 2 fully saturated rings. The molecule has 0 amide bonds. The van der Waals surface area contributed by atoms with Gasteiger partial charge in [-0.15, -0.1) is 23.2 Å². The van der Waals surface area contributed by atoms with Gasteiger partial charge in [-0.2, -0.15) is 0 Å². The van der Waals surface area contributed by atoms with Crippen molar-refractivity contribution in [2.24, 2.45) is 0 Å². The van der Waals surface area contributed by atoms with Crippen LogP contribution in [0.3, 0.4) is 0 Å². The lowest BCUT2D eigenvalue weighted by molar-refractivity contribution is 0.351. The van der Waals surface area contributed by atoms with Gasteiger partial charge >= 0.3 is 0 Å². The Hall–Kier alpha value is 0.830. The fourth-order valence-corrected chi connectivity index (χ4v) is 2.61. The van der Waals surface area contributed by atoms with Gasteiger partial charge in [0, 0.05) is 6.42 Å². The molecule has 10 heavy (non-hydrogen) atoms. The van der Waals surface area contributed by atoms with Crippen molar-refractivity contribution in [2.45, 2.75) is 34.8 Å². The Bertz CT molecular complexity index is 168. The molecule has 2 aliphatic rings. The third-order valence-corrected chi connectivity index (χ3v) is 3.15. The Morgan fingerprint density at radius 3 is 2.50 bits per heavy atom. The molecule has 0 N–H and O–H groups in total. The summed E-state index contributed by atoms with van der Waals surface area (Å²) in [5, 5.41) is -0.512. The number of epoxide rings is 1. The molecule has 58 valence electrons. The molecule has 2 unspecified atom stereocenters. The number of rotatable bonds is 0. The summed E-state index contributed by atoms with van der Waals surface area (Å²) in [7, 11) is 0. The van der Waals surface area contributed by atoms with Gasteiger partial charge in [0.2, 0.25) is 0 Å². The molecule has 0 aromatic rings. The standard InChI is InChI=1S/C6H7Cl3O/c7-5(8)2-1-4-6(9,3-5)10-4/h4H,1-3H2. The predicted octanol–water partition coefficient (Wildman–Crippen LogP) is 2.68. The molecule has 1 saturated heterocycles. The highest BCUT2D eigenvalue weighted by Crippen LogP contribution is 2.56. The van der Waals surface area contributed by atoms with Crippen LogP contribution in [0.1, 0.15) is 19.3 Å². The fourth-order valence-electron chi connectivity index (χ4n) is 1.42. The lowest BCUT2D eigenvalue weighted by Gasteiger charge is -2.24. The number of hydrogen-bond acceptors (Lipinski definition) is 1. The molecule has 0 radical (unpaired) electrons. The Labute approximate surface area is 74.6 Å². The molecular weight excluding hydrogens is 194 g/mol. The zero-order valence-electron chi connectivity index (χ0n) is 5.24. The third kappa shape index (κ3) is 1.14. The number of halogens is 3. The van der Waals surface area contributed by atoms with Gasteiger partial charge < -0.3 is 4.74 Å². The zero-order chi connectivity index (χ0) is 7.41. The molecule has 0 spiro atoms. The number of alkyl halides is 3. The van der Waals surface area contributed by atoms with Crippen LogP contribution >= 0.6 is 34.8 Å². The van der Waals surface area contributed by atoms with Crippen molar-refractivity contribution < 1.29 is 4.74 Å². The molecule has 4 heteroatoms. The van der Waals surface area contributed by atoms with Crippen molar-refractivity contribution in [3.63, 3.8) is 0 Å². The average Bonchev–Trinajstić information content (AvgIpc) is 2.35. The van der Waals surface area contributed by atoms with Crippen LogP contribution in [-0.4, -0.2) is 15.5 Å². The van der Waals surface area contributed by atoms with Crippen molar-refractivity contribution in [3.8, 4) is 0 Å². The van der Waals surface area contributed by atoms with Crippen molar-refractivity contribution in [1.82, 2.24) is 0 Å². The SMILES string of the molecule is ClC1(Cl)CCC2OC2(Cl)C1. The normalized spacial score (nSPS) is 50.1. The van der Waals surface area contributed by atoms with Crippen molar-refractivity contribution in [2.75, 3.05) is 0 Å². The monoisotopic (exact) mass is 200 g/mol. The van der Waals surface area contributed by atoms with Gasteiger partial charge in [-0.3, -0.25) is 0 Å². The van der Waals surface area contributed by atoms with E-state index in [4.69, 9.17) is 39.5 Å². The second-order valence-corrected chi connectivity index (χ2v) is 5.24. The summed E-state index contributed by atoms with van der Waals surface area (Å²) in [6, 6.07) is 0. The van der Waals surface area contributed by atoms with Gasteiger partial charge in [-0.1, -0.05) is 11.6 Å². The Morgan fingerprint density at radius 2 is 2.00 bits per heavy atom. The van der Waals surface area contributed by atoms with Gasteiger partial charge in [-0.25, -0.2) is 0 Å². The van der Waals surface area contributed by atoms with Gasteiger partial charge in [0.25, 0.3) is 0 Å². The highest BCUT2D eigenvalue weighted by molar-refractivity contribution is 6.49. The largest absolute Gasteiger partial charge is 0.349 e. The van der Waals surface area contributed by atoms with Crippen LogP contribution < -0.4 is 0 Å². The third-order valence-electron chi connectivity index (χ3n) is 2.03. The van der Waals surface area contributed by atoms with Crippen LogP contribution in [0.2, 0.25) is 0 Å². The van der Waals surface area contributed by atoms with E-state index in [2.05, 4.69) is 0 Å². The topological polar surface area (TPSA) is 12.5 Å². The molecule has 2 rings (SSSR count). The lowest BCUT2D eigenvalue weighted by Crippen LogP contribution is -2.27. The van der Waals surface area contributed by atoms with Gasteiger partial charge in [-0.05, 0) is 12.8 Å². The average molecular weight is 201 g/mol. The van der Waals surface area contributed by atoms with Gasteiger partial charge in [0.15, 0.2) is 5.06 Å². The van der Waals surface area contributed by atoms with E-state index in [0.29, 0.717) is 6.42 Å². The highest BCUT2D eigenvalue weighted by Gasteiger charge is 2.61. The van der Waals surface area contributed by atoms with Crippen molar-refractivity contribution >= 4 is 34.8 Å². The van der Waals surface area contributed by atoms with Crippen LogP contribution in [0.25, 0.3) is 0 Å². The molecule has 1 heterocycles. The van der Waals surface area contributed by atoms with Crippen LogP contribution in [0, 0.1) is 0 Å². The summed E-state index contributed by atoms with van der Waals surface area (Å²) in [5.41, 5.74) is 0. The lowest BCUT2D eigenvalue weighted by atomic mass is 9.99. The Kier molecular flexibility index (Phi) is 1.46. The molecule has 1 aliphatic carbocycles. The number of fused-ring (bicyclic) bond motifs is 1. The molecule has 2 atom stereocenters. The maximum atomic E-state index is 5.94. The number of ether oxygens (including phenoxy) is 1. The second kappa shape index (κ2) is 1.95. The van der Waals surface area contributed by atoms with E-state index in [9.17, 15) is 0 Å². The molecule has 0 bridgehead atoms. The van der Waals surface area contributed by atoms with E-state index in [1.54, 1.807) is 0 Å². The second-order valence-electron chi connectivity index (χ2n) is 2.96. The first kappa shape index (κ1) is 7.48. The maximum absolute atomic E-state index is 5.94. The Morgan fingerprint density at radius 1 is 1.30 bits per heavy atom. The smallest absolute Gasteiger partial charge is 0.171 e. The van der Waals surface area contributed by atoms with E-state index in [0.717, 1.165) is 12.8 Å². The summed E-state index contributed by atoms with van der Waals surface area (Å²) in [5.74, 6) is 0. The molecule has 1 saturated carbocycles. The molecular formula is C6H7Cl3O. The highest BCUT2D eigenvalue weighted by atomic mass is 35.5. The summed E-state index contributed by atoms with van der Waals surface area (Å²) >= 11 is 17.7. The van der Waals surface area contributed by atoms with Gasteiger partial charge in [0.05, 0.1) is 0 Å². The Balaban J connectivity index is 2.09. The van der Waals surface area contributed by atoms with E-state index in [1.807, 2.05) is 0 Å². The van der Waals surface area contributed by atoms with E-state index in [1.165, 1.54) is 0 Å². The zero-order valence-corrected chi connectivity index (χ0v) is 7.51. The first-order chi connectivity index (χ1) is 4.52. The summed E-state index contributed by atoms with van der Waals surface area (Å²) in [4.78, 5) is 0. The van der Waals surface area contributed by atoms with E-state index >= 15 is 0 Å². The first-order valence-corrected chi connectivity index (χ1v) is 4.40. The van der Waals surface area contributed by atoms with E-state index in [-0.39, 0.29) is 6.10 Å². The minimum absolute atomic E-state index is 0.208. The maximum Gasteiger partial charge on any atom is 0.171 e. The summed E-state index contributed by atoms with van der Waals surface area (Å²) < 4.78 is 4.54.